The Labute approximate surface area is 115 Å². The molecule has 0 bridgehead atoms. The normalized spacial score (nSPS) is 10.4. The molecule has 0 spiro atoms. The zero-order valence-corrected chi connectivity index (χ0v) is 11.2. The second-order valence-electron chi connectivity index (χ2n) is 3.99. The van der Waals surface area contributed by atoms with Gasteiger partial charge in [0.15, 0.2) is 5.75 Å². The topological polar surface area (TPSA) is 70.1 Å². The number of carbonyl (C=O) groups excluding carboxylic acids is 1. The smallest absolute Gasteiger partial charge is 0.248 e. The minimum atomic E-state index is -0.501. The number of aryl methyl sites for hydroxylation is 1. The molecule has 0 saturated heterocycles. The van der Waals surface area contributed by atoms with E-state index in [1.165, 1.54) is 6.07 Å². The van der Waals surface area contributed by atoms with E-state index in [2.05, 4.69) is 5.10 Å². The molecule has 2 N–H and O–H groups in total. The summed E-state index contributed by atoms with van der Waals surface area (Å²) in [5.74, 6) is 0.176. The van der Waals surface area contributed by atoms with E-state index in [4.69, 9.17) is 22.1 Å². The number of ether oxygens (including phenoxy) is 1. The number of nitrogens with zero attached hydrogens (tertiary/aromatic N) is 2. The van der Waals surface area contributed by atoms with Crippen LogP contribution < -0.4 is 10.5 Å². The first-order valence-electron chi connectivity index (χ1n) is 5.83. The van der Waals surface area contributed by atoms with Gasteiger partial charge in [0.2, 0.25) is 5.91 Å². The molecule has 0 aliphatic heterocycles. The largest absolute Gasteiger partial charge is 0.486 e. The average molecular weight is 280 g/mol. The predicted molar refractivity (Wildman–Crippen MR) is 72.2 cm³/mol. The van der Waals surface area contributed by atoms with Gasteiger partial charge in [-0.3, -0.25) is 9.48 Å². The summed E-state index contributed by atoms with van der Waals surface area (Å²) in [6, 6.07) is 4.90. The van der Waals surface area contributed by atoms with E-state index in [0.717, 1.165) is 12.1 Å². The van der Waals surface area contributed by atoms with Crippen molar-refractivity contribution < 1.29 is 9.53 Å². The van der Waals surface area contributed by atoms with Crippen molar-refractivity contribution in [2.75, 3.05) is 0 Å². The molecule has 0 fully saturated rings. The summed E-state index contributed by atoms with van der Waals surface area (Å²) in [7, 11) is 0. The zero-order valence-electron chi connectivity index (χ0n) is 10.5. The number of amides is 1. The summed E-state index contributed by atoms with van der Waals surface area (Å²) in [6.07, 6.45) is 3.46. The van der Waals surface area contributed by atoms with E-state index >= 15 is 0 Å². The number of nitrogens with two attached hydrogens (primary N) is 1. The first-order chi connectivity index (χ1) is 9.10. The van der Waals surface area contributed by atoms with Crippen LogP contribution >= 0.6 is 11.6 Å². The lowest BCUT2D eigenvalue weighted by atomic mass is 10.1. The third-order valence-electron chi connectivity index (χ3n) is 2.67. The van der Waals surface area contributed by atoms with Crippen molar-refractivity contribution in [3.05, 3.63) is 46.7 Å². The summed E-state index contributed by atoms with van der Waals surface area (Å²) >= 11 is 6.06. The number of primary amides is 1. The predicted octanol–water partition coefficient (Wildman–Crippen LogP) is 2.23. The Bertz CT molecular complexity index is 595. The number of hydrogen-bond donors (Lipinski definition) is 1. The number of carbonyl (C=O) groups is 1. The first kappa shape index (κ1) is 13.4. The molecular weight excluding hydrogens is 266 g/mol. The quantitative estimate of drug-likeness (QED) is 0.912. The highest BCUT2D eigenvalue weighted by Crippen LogP contribution is 2.20. The molecule has 2 aromatic rings. The van der Waals surface area contributed by atoms with Gasteiger partial charge in [-0.2, -0.15) is 5.10 Å². The van der Waals surface area contributed by atoms with Gasteiger partial charge in [-0.25, -0.2) is 0 Å². The maximum atomic E-state index is 11.0. The van der Waals surface area contributed by atoms with E-state index in [0.29, 0.717) is 22.9 Å². The highest BCUT2D eigenvalue weighted by atomic mass is 35.5. The van der Waals surface area contributed by atoms with Crippen molar-refractivity contribution in [3.63, 3.8) is 0 Å². The molecule has 6 heteroatoms. The second-order valence-corrected chi connectivity index (χ2v) is 4.40. The number of aromatic nitrogens is 2. The minimum absolute atomic E-state index is 0.313. The van der Waals surface area contributed by atoms with Gasteiger partial charge in [-0.1, -0.05) is 17.7 Å². The van der Waals surface area contributed by atoms with Crippen molar-refractivity contribution in [3.8, 4) is 5.75 Å². The van der Waals surface area contributed by atoms with Crippen molar-refractivity contribution in [2.45, 2.75) is 20.1 Å². The second kappa shape index (κ2) is 5.75. The maximum Gasteiger partial charge on any atom is 0.248 e. The summed E-state index contributed by atoms with van der Waals surface area (Å²) in [5.41, 5.74) is 6.35. The molecule has 2 rings (SSSR count). The maximum absolute atomic E-state index is 11.0. The van der Waals surface area contributed by atoms with Crippen LogP contribution in [-0.2, 0) is 13.2 Å². The molecule has 1 aromatic carbocycles. The lowest BCUT2D eigenvalue weighted by Gasteiger charge is -2.06. The Morgan fingerprint density at radius 3 is 2.89 bits per heavy atom. The molecule has 1 amide bonds. The summed E-state index contributed by atoms with van der Waals surface area (Å²) in [5, 5.41) is 4.56. The van der Waals surface area contributed by atoms with Gasteiger partial charge in [-0.05, 0) is 19.1 Å². The molecule has 0 saturated carbocycles. The Morgan fingerprint density at radius 1 is 1.53 bits per heavy atom. The minimum Gasteiger partial charge on any atom is -0.486 e. The molecule has 0 unspecified atom stereocenters. The summed E-state index contributed by atoms with van der Waals surface area (Å²) < 4.78 is 7.34. The number of benzene rings is 1. The number of rotatable bonds is 5. The van der Waals surface area contributed by atoms with Gasteiger partial charge in [-0.15, -0.1) is 0 Å². The van der Waals surface area contributed by atoms with Gasteiger partial charge in [0.1, 0.15) is 6.61 Å². The van der Waals surface area contributed by atoms with Gasteiger partial charge in [0.25, 0.3) is 0 Å². The van der Waals surface area contributed by atoms with Crippen LogP contribution in [0.15, 0.2) is 30.6 Å². The lowest BCUT2D eigenvalue weighted by Crippen LogP contribution is -2.11. The van der Waals surface area contributed by atoms with E-state index in [-0.39, 0.29) is 0 Å². The van der Waals surface area contributed by atoms with E-state index in [1.807, 2.05) is 13.1 Å². The lowest BCUT2D eigenvalue weighted by molar-refractivity contribution is 0.1000. The van der Waals surface area contributed by atoms with Crippen LogP contribution in [0.4, 0.5) is 0 Å². The van der Waals surface area contributed by atoms with Crippen LogP contribution in [-0.4, -0.2) is 15.7 Å². The fraction of sp³-hybridized carbons (Fsp3) is 0.231. The molecule has 1 heterocycles. The van der Waals surface area contributed by atoms with Crippen molar-refractivity contribution >= 4 is 17.5 Å². The van der Waals surface area contributed by atoms with Gasteiger partial charge in [0.05, 0.1) is 12.4 Å². The van der Waals surface area contributed by atoms with Crippen LogP contribution in [0, 0.1) is 0 Å². The molecule has 100 valence electrons. The third-order valence-corrected chi connectivity index (χ3v) is 3.02. The first-order valence-corrected chi connectivity index (χ1v) is 6.21. The van der Waals surface area contributed by atoms with E-state index in [1.54, 1.807) is 23.0 Å². The highest BCUT2D eigenvalue weighted by molar-refractivity contribution is 6.31. The molecule has 0 aliphatic rings. The monoisotopic (exact) mass is 279 g/mol. The van der Waals surface area contributed by atoms with Crippen LogP contribution in [0.1, 0.15) is 22.8 Å². The zero-order chi connectivity index (χ0) is 13.8. The third kappa shape index (κ3) is 3.26. The average Bonchev–Trinajstić information content (AvgIpc) is 2.85. The fourth-order valence-electron chi connectivity index (χ4n) is 1.57. The van der Waals surface area contributed by atoms with E-state index in [9.17, 15) is 4.79 Å². The molecular formula is C13H14ClN3O2. The number of halogens is 1. The van der Waals surface area contributed by atoms with Gasteiger partial charge in [0, 0.05) is 22.7 Å². The highest BCUT2D eigenvalue weighted by Gasteiger charge is 2.07. The van der Waals surface area contributed by atoms with Gasteiger partial charge >= 0.3 is 0 Å². The molecule has 19 heavy (non-hydrogen) atoms. The molecule has 1 aromatic heterocycles. The van der Waals surface area contributed by atoms with Crippen LogP contribution in [0.5, 0.6) is 5.75 Å². The van der Waals surface area contributed by atoms with Crippen molar-refractivity contribution in [1.29, 1.82) is 0 Å². The molecule has 0 radical (unpaired) electrons. The number of hydrogen-bond acceptors (Lipinski definition) is 3. The van der Waals surface area contributed by atoms with Crippen LogP contribution in [0.2, 0.25) is 5.02 Å². The van der Waals surface area contributed by atoms with Crippen LogP contribution in [0.25, 0.3) is 0 Å². The van der Waals surface area contributed by atoms with Crippen molar-refractivity contribution in [2.24, 2.45) is 5.73 Å². The summed E-state index contributed by atoms with van der Waals surface area (Å²) in [4.78, 5) is 11.0. The van der Waals surface area contributed by atoms with Crippen molar-refractivity contribution in [1.82, 2.24) is 9.78 Å². The Hall–Kier alpha value is -2.01. The SMILES string of the molecule is CCn1cc(OCc2ccc(C(N)=O)cc2Cl)cn1. The van der Waals surface area contributed by atoms with Gasteiger partial charge < -0.3 is 10.5 Å². The molecule has 5 nitrogen and oxygen atoms in total. The standard InChI is InChI=1S/C13H14ClN3O2/c1-2-17-7-11(6-16-17)19-8-10-4-3-9(13(15)18)5-12(10)14/h3-7H,2,8H2,1H3,(H2,15,18). The Kier molecular flexibility index (Phi) is 4.06. The van der Waals surface area contributed by atoms with Crippen LogP contribution in [0.3, 0.4) is 0 Å². The van der Waals surface area contributed by atoms with E-state index < -0.39 is 5.91 Å². The Balaban J connectivity index is 2.05. The fourth-order valence-corrected chi connectivity index (χ4v) is 1.81. The molecule has 0 atom stereocenters. The Morgan fingerprint density at radius 2 is 2.32 bits per heavy atom. The molecule has 0 aliphatic carbocycles. The summed E-state index contributed by atoms with van der Waals surface area (Å²) in [6.45, 7) is 3.10.